The number of halogens is 1. The molecular formula is C12H15FN2O. The fraction of sp³-hybridized carbons (Fsp3) is 0.417. The topological polar surface area (TPSA) is 47.6 Å². The Hall–Kier alpha value is -1.58. The molecule has 4 heteroatoms. The summed E-state index contributed by atoms with van der Waals surface area (Å²) in [6, 6.07) is 4.35. The second-order valence-electron chi connectivity index (χ2n) is 4.29. The molecule has 2 rings (SSSR count). The predicted octanol–water partition coefficient (Wildman–Crippen LogP) is 2.21. The van der Waals surface area contributed by atoms with Gasteiger partial charge in [0, 0.05) is 5.69 Å². The van der Waals surface area contributed by atoms with E-state index in [0.717, 1.165) is 0 Å². The molecule has 1 atom stereocenters. The summed E-state index contributed by atoms with van der Waals surface area (Å²) in [7, 11) is 0. The fourth-order valence-corrected chi connectivity index (χ4v) is 1.59. The van der Waals surface area contributed by atoms with Crippen LogP contribution in [0.4, 0.5) is 10.1 Å². The SMILES string of the molecule is CC(C)[C@H]1COC(c2cc(F)ccc2N)=N1. The molecule has 0 bridgehead atoms. The summed E-state index contributed by atoms with van der Waals surface area (Å²) in [5.41, 5.74) is 6.80. The number of ether oxygens (including phenoxy) is 1. The van der Waals surface area contributed by atoms with E-state index in [1.54, 1.807) is 0 Å². The monoisotopic (exact) mass is 222 g/mol. The summed E-state index contributed by atoms with van der Waals surface area (Å²) < 4.78 is 18.5. The predicted molar refractivity (Wildman–Crippen MR) is 61.9 cm³/mol. The second kappa shape index (κ2) is 4.12. The highest BCUT2D eigenvalue weighted by atomic mass is 19.1. The van der Waals surface area contributed by atoms with E-state index >= 15 is 0 Å². The minimum absolute atomic E-state index is 0.137. The maximum atomic E-state index is 13.1. The lowest BCUT2D eigenvalue weighted by molar-refractivity contribution is 0.292. The van der Waals surface area contributed by atoms with Gasteiger partial charge in [0.15, 0.2) is 0 Å². The van der Waals surface area contributed by atoms with Gasteiger partial charge in [-0.05, 0) is 24.1 Å². The Bertz CT molecular complexity index is 429. The van der Waals surface area contributed by atoms with Gasteiger partial charge in [-0.2, -0.15) is 0 Å². The van der Waals surface area contributed by atoms with Gasteiger partial charge in [-0.15, -0.1) is 0 Å². The molecule has 0 spiro atoms. The largest absolute Gasteiger partial charge is 0.475 e. The first-order chi connectivity index (χ1) is 7.58. The van der Waals surface area contributed by atoms with Crippen LogP contribution in [0, 0.1) is 11.7 Å². The number of hydrogen-bond acceptors (Lipinski definition) is 3. The summed E-state index contributed by atoms with van der Waals surface area (Å²) in [5, 5.41) is 0. The highest BCUT2D eigenvalue weighted by Crippen LogP contribution is 2.21. The molecule has 1 heterocycles. The smallest absolute Gasteiger partial charge is 0.218 e. The van der Waals surface area contributed by atoms with Crippen LogP contribution in [0.1, 0.15) is 19.4 Å². The van der Waals surface area contributed by atoms with Crippen molar-refractivity contribution in [3.05, 3.63) is 29.6 Å². The minimum Gasteiger partial charge on any atom is -0.475 e. The zero-order valence-corrected chi connectivity index (χ0v) is 9.40. The molecule has 16 heavy (non-hydrogen) atoms. The normalized spacial score (nSPS) is 19.8. The van der Waals surface area contributed by atoms with Crippen LogP contribution in [0.3, 0.4) is 0 Å². The summed E-state index contributed by atoms with van der Waals surface area (Å²) in [6.45, 7) is 4.70. The fourth-order valence-electron chi connectivity index (χ4n) is 1.59. The molecule has 1 aromatic carbocycles. The third kappa shape index (κ3) is 2.01. The van der Waals surface area contributed by atoms with Gasteiger partial charge >= 0.3 is 0 Å². The number of anilines is 1. The lowest BCUT2D eigenvalue weighted by atomic mass is 10.1. The van der Waals surface area contributed by atoms with Crippen LogP contribution in [0.15, 0.2) is 23.2 Å². The van der Waals surface area contributed by atoms with Crippen LogP contribution >= 0.6 is 0 Å². The van der Waals surface area contributed by atoms with Gasteiger partial charge in [-0.25, -0.2) is 9.38 Å². The van der Waals surface area contributed by atoms with Crippen molar-refractivity contribution in [3.63, 3.8) is 0 Å². The van der Waals surface area contributed by atoms with E-state index in [9.17, 15) is 4.39 Å². The van der Waals surface area contributed by atoms with Crippen LogP contribution < -0.4 is 5.73 Å². The molecule has 0 unspecified atom stereocenters. The standard InChI is InChI=1S/C12H15FN2O/c1-7(2)11-6-16-12(15-11)9-5-8(13)3-4-10(9)14/h3-5,7,11H,6,14H2,1-2H3/t11-/m1/s1. The third-order valence-corrected chi connectivity index (χ3v) is 2.69. The summed E-state index contributed by atoms with van der Waals surface area (Å²) >= 11 is 0. The van der Waals surface area contributed by atoms with Crippen molar-refractivity contribution in [2.45, 2.75) is 19.9 Å². The van der Waals surface area contributed by atoms with Gasteiger partial charge in [-0.1, -0.05) is 13.8 Å². The molecule has 1 aliphatic heterocycles. The van der Waals surface area contributed by atoms with Crippen LogP contribution in [-0.4, -0.2) is 18.5 Å². The van der Waals surface area contributed by atoms with Gasteiger partial charge < -0.3 is 10.5 Å². The minimum atomic E-state index is -0.330. The number of nitrogens with zero attached hydrogens (tertiary/aromatic N) is 1. The van der Waals surface area contributed by atoms with Crippen molar-refractivity contribution in [3.8, 4) is 0 Å². The molecule has 0 saturated carbocycles. The average molecular weight is 222 g/mol. The zero-order valence-electron chi connectivity index (χ0n) is 9.40. The summed E-state index contributed by atoms with van der Waals surface area (Å²) in [5.74, 6) is 0.534. The first kappa shape index (κ1) is 10.9. The van der Waals surface area contributed by atoms with Crippen LogP contribution in [0.5, 0.6) is 0 Å². The number of hydrogen-bond donors (Lipinski definition) is 1. The molecule has 1 aromatic rings. The lowest BCUT2D eigenvalue weighted by Crippen LogP contribution is -2.13. The van der Waals surface area contributed by atoms with Crippen molar-refractivity contribution in [2.24, 2.45) is 10.9 Å². The van der Waals surface area contributed by atoms with Gasteiger partial charge in [0.25, 0.3) is 0 Å². The number of nitrogen functional groups attached to an aromatic ring is 1. The van der Waals surface area contributed by atoms with E-state index in [-0.39, 0.29) is 11.9 Å². The first-order valence-corrected chi connectivity index (χ1v) is 5.34. The molecule has 0 fully saturated rings. The summed E-state index contributed by atoms with van der Waals surface area (Å²) in [6.07, 6.45) is 0. The Morgan fingerprint density at radius 2 is 2.25 bits per heavy atom. The zero-order chi connectivity index (χ0) is 11.7. The molecule has 0 radical (unpaired) electrons. The van der Waals surface area contributed by atoms with Crippen LogP contribution in [-0.2, 0) is 4.74 Å². The molecule has 86 valence electrons. The molecule has 2 N–H and O–H groups in total. The average Bonchev–Trinajstić information content (AvgIpc) is 2.70. The second-order valence-corrected chi connectivity index (χ2v) is 4.29. The molecular weight excluding hydrogens is 207 g/mol. The Kier molecular flexibility index (Phi) is 2.81. The third-order valence-electron chi connectivity index (χ3n) is 2.69. The molecule has 0 saturated heterocycles. The molecule has 0 aliphatic carbocycles. The van der Waals surface area contributed by atoms with Crippen molar-refractivity contribution < 1.29 is 9.13 Å². The van der Waals surface area contributed by atoms with Crippen LogP contribution in [0.25, 0.3) is 0 Å². The van der Waals surface area contributed by atoms with Crippen molar-refractivity contribution in [2.75, 3.05) is 12.3 Å². The molecule has 0 amide bonds. The maximum Gasteiger partial charge on any atom is 0.218 e. The molecule has 1 aliphatic rings. The van der Waals surface area contributed by atoms with Gasteiger partial charge in [0.2, 0.25) is 5.90 Å². The number of nitrogens with two attached hydrogens (primary N) is 1. The molecule has 0 aromatic heterocycles. The van der Waals surface area contributed by atoms with Gasteiger partial charge in [0.05, 0.1) is 11.6 Å². The van der Waals surface area contributed by atoms with E-state index in [1.165, 1.54) is 18.2 Å². The van der Waals surface area contributed by atoms with E-state index in [4.69, 9.17) is 10.5 Å². The number of aliphatic imine (C=N–C) groups is 1. The first-order valence-electron chi connectivity index (χ1n) is 5.34. The Labute approximate surface area is 94.1 Å². The van der Waals surface area contributed by atoms with Crippen molar-refractivity contribution in [1.29, 1.82) is 0 Å². The van der Waals surface area contributed by atoms with Crippen molar-refractivity contribution >= 4 is 11.6 Å². The van der Waals surface area contributed by atoms with Crippen LogP contribution in [0.2, 0.25) is 0 Å². The Balaban J connectivity index is 2.32. The highest BCUT2D eigenvalue weighted by Gasteiger charge is 2.24. The van der Waals surface area contributed by atoms with E-state index in [0.29, 0.717) is 29.7 Å². The Morgan fingerprint density at radius 1 is 1.50 bits per heavy atom. The lowest BCUT2D eigenvalue weighted by Gasteiger charge is -2.06. The van der Waals surface area contributed by atoms with Crippen molar-refractivity contribution in [1.82, 2.24) is 0 Å². The molecule has 3 nitrogen and oxygen atoms in total. The van der Waals surface area contributed by atoms with E-state index in [1.807, 2.05) is 0 Å². The quantitative estimate of drug-likeness (QED) is 0.780. The van der Waals surface area contributed by atoms with E-state index in [2.05, 4.69) is 18.8 Å². The number of rotatable bonds is 2. The highest BCUT2D eigenvalue weighted by molar-refractivity contribution is 5.99. The number of benzene rings is 1. The van der Waals surface area contributed by atoms with Gasteiger partial charge in [-0.3, -0.25) is 0 Å². The van der Waals surface area contributed by atoms with Gasteiger partial charge in [0.1, 0.15) is 12.4 Å². The Morgan fingerprint density at radius 3 is 2.88 bits per heavy atom. The van der Waals surface area contributed by atoms with E-state index < -0.39 is 0 Å². The summed E-state index contributed by atoms with van der Waals surface area (Å²) in [4.78, 5) is 4.41. The maximum absolute atomic E-state index is 13.1.